The van der Waals surface area contributed by atoms with Crippen LogP contribution >= 0.6 is 0 Å². The normalized spacial score (nSPS) is 14.9. The lowest BCUT2D eigenvalue weighted by Crippen LogP contribution is -2.32. The fraction of sp³-hybridized carbons (Fsp3) is 0.444. The Kier molecular flexibility index (Phi) is 4.79. The van der Waals surface area contributed by atoms with Gasteiger partial charge in [0.25, 0.3) is 0 Å². The minimum absolute atomic E-state index is 0.148. The van der Waals surface area contributed by atoms with Gasteiger partial charge in [-0.3, -0.25) is 0 Å². The van der Waals surface area contributed by atoms with E-state index in [0.717, 1.165) is 6.54 Å². The van der Waals surface area contributed by atoms with Gasteiger partial charge in [0.05, 0.1) is 6.10 Å². The molecule has 2 heteroatoms. The summed E-state index contributed by atoms with van der Waals surface area (Å²) in [6.07, 6.45) is -0.321. The summed E-state index contributed by atoms with van der Waals surface area (Å²) in [5, 5.41) is 13.0. The summed E-state index contributed by atoms with van der Waals surface area (Å²) in [4.78, 5) is 2.14. The van der Waals surface area contributed by atoms with Crippen LogP contribution in [0.25, 0.3) is 10.8 Å². The highest BCUT2D eigenvalue weighted by Crippen LogP contribution is 2.28. The van der Waals surface area contributed by atoms with Gasteiger partial charge in [-0.15, -0.1) is 0 Å². The molecule has 0 aliphatic rings. The van der Waals surface area contributed by atoms with Crippen molar-refractivity contribution in [1.29, 1.82) is 0 Å². The molecule has 0 unspecified atom stereocenters. The monoisotopic (exact) mass is 271 g/mol. The topological polar surface area (TPSA) is 23.5 Å². The number of nitrogens with zero attached hydrogens (tertiary/aromatic N) is 1. The van der Waals surface area contributed by atoms with Crippen LogP contribution in [0.4, 0.5) is 0 Å². The molecular formula is C18H25NO. The molecule has 0 fully saturated rings. The van der Waals surface area contributed by atoms with E-state index in [0.29, 0.717) is 0 Å². The maximum atomic E-state index is 10.5. The molecule has 0 saturated carbocycles. The molecule has 2 rings (SSSR count). The van der Waals surface area contributed by atoms with Crippen molar-refractivity contribution in [2.75, 3.05) is 20.6 Å². The second kappa shape index (κ2) is 6.38. The summed E-state index contributed by atoms with van der Waals surface area (Å²) in [5.74, 6) is 0.404. The van der Waals surface area contributed by atoms with Crippen molar-refractivity contribution in [2.24, 2.45) is 5.92 Å². The number of aliphatic hydroxyl groups is 1. The van der Waals surface area contributed by atoms with Gasteiger partial charge in [0.15, 0.2) is 0 Å². The predicted octanol–water partition coefficient (Wildman–Crippen LogP) is 3.50. The lowest BCUT2D eigenvalue weighted by Gasteiger charge is -2.29. The molecule has 0 aromatic heterocycles. The van der Waals surface area contributed by atoms with Gasteiger partial charge in [0.2, 0.25) is 0 Å². The average molecular weight is 271 g/mol. The van der Waals surface area contributed by atoms with E-state index in [2.05, 4.69) is 75.3 Å². The molecule has 2 aromatic rings. The van der Waals surface area contributed by atoms with Crippen molar-refractivity contribution in [3.8, 4) is 0 Å². The number of benzene rings is 2. The number of hydrogen-bond donors (Lipinski definition) is 1. The first-order valence-corrected chi connectivity index (χ1v) is 7.30. The molecule has 108 valence electrons. The Balaban J connectivity index is 2.39. The third-order valence-electron chi connectivity index (χ3n) is 3.86. The summed E-state index contributed by atoms with van der Waals surface area (Å²) in [5.41, 5.74) is 1.22. The van der Waals surface area contributed by atoms with Crippen LogP contribution in [-0.4, -0.2) is 36.8 Å². The zero-order valence-corrected chi connectivity index (χ0v) is 12.9. The Morgan fingerprint density at radius 1 is 1.00 bits per heavy atom. The molecule has 0 aliphatic carbocycles. The van der Waals surface area contributed by atoms with Gasteiger partial charge < -0.3 is 10.0 Å². The van der Waals surface area contributed by atoms with Crippen LogP contribution in [0.1, 0.15) is 25.3 Å². The summed E-state index contributed by atoms with van der Waals surface area (Å²) >= 11 is 0. The van der Waals surface area contributed by atoms with Gasteiger partial charge in [-0.2, -0.15) is 0 Å². The fourth-order valence-corrected chi connectivity index (χ4v) is 2.71. The van der Waals surface area contributed by atoms with Gasteiger partial charge in [0.1, 0.15) is 0 Å². The molecule has 0 bridgehead atoms. The first kappa shape index (κ1) is 15.0. The van der Waals surface area contributed by atoms with Crippen LogP contribution in [0.15, 0.2) is 42.5 Å². The molecule has 2 nitrogen and oxygen atoms in total. The molecule has 0 spiro atoms. The van der Waals surface area contributed by atoms with E-state index in [4.69, 9.17) is 0 Å². The van der Waals surface area contributed by atoms with Gasteiger partial charge in [-0.1, -0.05) is 56.3 Å². The van der Waals surface area contributed by atoms with Crippen molar-refractivity contribution in [2.45, 2.75) is 25.9 Å². The van der Waals surface area contributed by atoms with E-state index in [9.17, 15) is 5.11 Å². The first-order chi connectivity index (χ1) is 9.49. The van der Waals surface area contributed by atoms with Crippen molar-refractivity contribution in [1.82, 2.24) is 4.90 Å². The second-order valence-corrected chi connectivity index (χ2v) is 6.21. The van der Waals surface area contributed by atoms with E-state index in [1.165, 1.54) is 16.3 Å². The van der Waals surface area contributed by atoms with Crippen molar-refractivity contribution in [3.05, 3.63) is 48.0 Å². The number of fused-ring (bicyclic) bond motifs is 1. The fourth-order valence-electron chi connectivity index (χ4n) is 2.71. The van der Waals surface area contributed by atoms with Crippen LogP contribution in [-0.2, 0) is 0 Å². The summed E-state index contributed by atoms with van der Waals surface area (Å²) in [6.45, 7) is 5.01. The molecule has 0 aliphatic heterocycles. The Morgan fingerprint density at radius 3 is 2.25 bits per heavy atom. The molecule has 1 N–H and O–H groups in total. The van der Waals surface area contributed by atoms with Crippen LogP contribution < -0.4 is 0 Å². The van der Waals surface area contributed by atoms with E-state index in [-0.39, 0.29) is 17.9 Å². The highest BCUT2D eigenvalue weighted by Gasteiger charge is 2.24. The van der Waals surface area contributed by atoms with Gasteiger partial charge in [-0.25, -0.2) is 0 Å². The second-order valence-electron chi connectivity index (χ2n) is 6.21. The quantitative estimate of drug-likeness (QED) is 0.899. The van der Waals surface area contributed by atoms with Crippen molar-refractivity contribution >= 4 is 10.8 Å². The van der Waals surface area contributed by atoms with E-state index in [1.54, 1.807) is 0 Å². The van der Waals surface area contributed by atoms with E-state index in [1.807, 2.05) is 0 Å². The molecule has 0 amide bonds. The SMILES string of the molecule is CC(C)[C@H](O)[C@@H](CN(C)C)c1ccc2ccccc2c1. The third kappa shape index (κ3) is 3.38. The minimum Gasteiger partial charge on any atom is -0.392 e. The van der Waals surface area contributed by atoms with Crippen LogP contribution in [0, 0.1) is 5.92 Å². The maximum Gasteiger partial charge on any atom is 0.0643 e. The Labute approximate surface area is 122 Å². The van der Waals surface area contributed by atoms with Crippen molar-refractivity contribution in [3.63, 3.8) is 0 Å². The zero-order valence-electron chi connectivity index (χ0n) is 12.9. The van der Waals surface area contributed by atoms with Crippen LogP contribution in [0.2, 0.25) is 0 Å². The van der Waals surface area contributed by atoms with Gasteiger partial charge >= 0.3 is 0 Å². The van der Waals surface area contributed by atoms with Crippen LogP contribution in [0.5, 0.6) is 0 Å². The zero-order chi connectivity index (χ0) is 14.7. The highest BCUT2D eigenvalue weighted by molar-refractivity contribution is 5.83. The molecule has 0 saturated heterocycles. The molecular weight excluding hydrogens is 246 g/mol. The molecule has 2 aromatic carbocycles. The largest absolute Gasteiger partial charge is 0.392 e. The predicted molar refractivity (Wildman–Crippen MR) is 86.1 cm³/mol. The van der Waals surface area contributed by atoms with Crippen molar-refractivity contribution < 1.29 is 5.11 Å². The molecule has 20 heavy (non-hydrogen) atoms. The lowest BCUT2D eigenvalue weighted by molar-refractivity contribution is 0.0848. The summed E-state index contributed by atoms with van der Waals surface area (Å²) in [7, 11) is 4.11. The Morgan fingerprint density at radius 2 is 1.65 bits per heavy atom. The molecule has 0 radical (unpaired) electrons. The highest BCUT2D eigenvalue weighted by atomic mass is 16.3. The van der Waals surface area contributed by atoms with E-state index < -0.39 is 0 Å². The van der Waals surface area contributed by atoms with Crippen LogP contribution in [0.3, 0.4) is 0 Å². The Hall–Kier alpha value is -1.38. The molecule has 2 atom stereocenters. The van der Waals surface area contributed by atoms with E-state index >= 15 is 0 Å². The maximum absolute atomic E-state index is 10.5. The average Bonchev–Trinajstić information content (AvgIpc) is 2.43. The Bertz CT molecular complexity index is 562. The number of likely N-dealkylation sites (N-methyl/N-ethyl adjacent to an activating group) is 1. The first-order valence-electron chi connectivity index (χ1n) is 7.30. The minimum atomic E-state index is -0.321. The third-order valence-corrected chi connectivity index (χ3v) is 3.86. The number of rotatable bonds is 5. The smallest absolute Gasteiger partial charge is 0.0643 e. The summed E-state index contributed by atoms with van der Waals surface area (Å²) < 4.78 is 0. The molecule has 0 heterocycles. The number of hydrogen-bond acceptors (Lipinski definition) is 2. The standard InChI is InChI=1S/C18H25NO/c1-13(2)18(20)17(12-19(3)4)16-10-9-14-7-5-6-8-15(14)11-16/h5-11,13,17-18,20H,12H2,1-4H3/t17-,18-/m0/s1. The number of aliphatic hydroxyl groups excluding tert-OH is 1. The van der Waals surface area contributed by atoms with Gasteiger partial charge in [0, 0.05) is 12.5 Å². The lowest BCUT2D eigenvalue weighted by atomic mass is 9.86. The summed E-state index contributed by atoms with van der Waals surface area (Å²) in [6, 6.07) is 14.9. The van der Waals surface area contributed by atoms with Gasteiger partial charge in [-0.05, 0) is 36.3 Å².